The second-order valence-corrected chi connectivity index (χ2v) is 20.4. The second-order valence-electron chi connectivity index (χ2n) is 7.18. The van der Waals surface area contributed by atoms with E-state index in [2.05, 4.69) is 69.3 Å². The third-order valence-electron chi connectivity index (χ3n) is 5.21. The van der Waals surface area contributed by atoms with E-state index in [1.54, 1.807) is 3.59 Å². The Morgan fingerprint density at radius 2 is 1.40 bits per heavy atom. The summed E-state index contributed by atoms with van der Waals surface area (Å²) in [5.74, 6) is 0. The molecule has 0 aromatic heterocycles. The fourth-order valence-electron chi connectivity index (χ4n) is 3.66. The van der Waals surface area contributed by atoms with Crippen molar-refractivity contribution in [1.82, 2.24) is 0 Å². The van der Waals surface area contributed by atoms with Crippen LogP contribution in [0.1, 0.15) is 64.9 Å². The molecule has 0 atom stereocenters. The first kappa shape index (κ1) is 22.5. The van der Waals surface area contributed by atoms with Crippen molar-refractivity contribution in [1.29, 1.82) is 0 Å². The molecule has 0 heterocycles. The normalized spacial score (nSPS) is 12.9. The molecule has 1 aromatic carbocycles. The Balaban J connectivity index is 3.16. The first-order valence-corrected chi connectivity index (χ1v) is 17.7. The topological polar surface area (TPSA) is 20.2 Å². The van der Waals surface area contributed by atoms with Crippen LogP contribution in [-0.4, -0.2) is 30.1 Å². The van der Waals surface area contributed by atoms with Gasteiger partial charge in [0.1, 0.15) is 0 Å². The van der Waals surface area contributed by atoms with Crippen LogP contribution in [0.25, 0.3) is 6.08 Å². The predicted molar refractivity (Wildman–Crippen MR) is 116 cm³/mol. The maximum atomic E-state index is 9.70. The molecule has 0 amide bonds. The average molecular weight is 449 g/mol. The quantitative estimate of drug-likeness (QED) is 0.254. The summed E-state index contributed by atoms with van der Waals surface area (Å²) < 4.78 is 5.87. The van der Waals surface area contributed by atoms with E-state index in [0.29, 0.717) is 0 Å². The van der Waals surface area contributed by atoms with Gasteiger partial charge in [-0.3, -0.25) is 0 Å². The summed E-state index contributed by atoms with van der Waals surface area (Å²) in [7, 11) is 0. The molecule has 0 aliphatic rings. The number of hydrogen-bond donors (Lipinski definition) is 1. The van der Waals surface area contributed by atoms with E-state index in [1.807, 2.05) is 0 Å². The van der Waals surface area contributed by atoms with E-state index in [-0.39, 0.29) is 6.61 Å². The average Bonchev–Trinajstić information content (AvgIpc) is 2.66. The van der Waals surface area contributed by atoms with Crippen molar-refractivity contribution < 1.29 is 5.11 Å². The van der Waals surface area contributed by atoms with Gasteiger partial charge in [-0.15, -0.1) is 0 Å². The third-order valence-corrected chi connectivity index (χ3v) is 21.0. The molecule has 0 unspecified atom stereocenters. The summed E-state index contributed by atoms with van der Waals surface area (Å²) >= 11 is -2.45. The van der Waals surface area contributed by atoms with Crippen LogP contribution in [0, 0.1) is 0 Å². The molecule has 1 aromatic rings. The fourth-order valence-corrected chi connectivity index (χ4v) is 19.8. The van der Waals surface area contributed by atoms with Gasteiger partial charge < -0.3 is 0 Å². The molecule has 0 saturated heterocycles. The van der Waals surface area contributed by atoms with E-state index in [9.17, 15) is 5.11 Å². The van der Waals surface area contributed by atoms with E-state index in [4.69, 9.17) is 0 Å². The van der Waals surface area contributed by atoms with Gasteiger partial charge in [0.25, 0.3) is 0 Å². The molecular formula is C23H38OSn. The Morgan fingerprint density at radius 3 is 1.84 bits per heavy atom. The molecule has 2 heteroatoms. The molecule has 0 radical (unpaired) electrons. The Kier molecular flexibility index (Phi) is 12.3. The number of hydrogen-bond acceptors (Lipinski definition) is 1. The van der Waals surface area contributed by atoms with Gasteiger partial charge in [0.2, 0.25) is 0 Å². The standard InChI is InChI=1S/C11H11O.3C4H9.Sn/c12-10-6-2-5-9-11-7-3-1-4-8-11;3*1-3-4-2;/h1,3-9,12H,10H2;3*1,3-4H2,2H3;/b6-2?,9-5+;;;;. The SMILES string of the molecule is CCC[CH2][Sn]([CH2]CCC)([CH2]CCC)[C](/C=C/c1ccccc1)=C/CO. The Hall–Kier alpha value is -0.541. The minimum atomic E-state index is -2.45. The van der Waals surface area contributed by atoms with Crippen molar-refractivity contribution in [3.63, 3.8) is 0 Å². The molecular weight excluding hydrogens is 411 g/mol. The maximum absolute atomic E-state index is 9.70. The van der Waals surface area contributed by atoms with Gasteiger partial charge in [0, 0.05) is 0 Å². The van der Waals surface area contributed by atoms with E-state index >= 15 is 0 Å². The zero-order chi connectivity index (χ0) is 18.4. The number of aliphatic hydroxyl groups excluding tert-OH is 1. The summed E-state index contributed by atoms with van der Waals surface area (Å²) in [5, 5.41) is 9.70. The van der Waals surface area contributed by atoms with Gasteiger partial charge in [-0.05, 0) is 0 Å². The summed E-state index contributed by atoms with van der Waals surface area (Å²) in [6.45, 7) is 7.11. The molecule has 1 N–H and O–H groups in total. The van der Waals surface area contributed by atoms with Crippen LogP contribution in [0.5, 0.6) is 0 Å². The Morgan fingerprint density at radius 1 is 0.880 bits per heavy atom. The monoisotopic (exact) mass is 450 g/mol. The molecule has 140 valence electrons. The van der Waals surface area contributed by atoms with E-state index in [1.165, 1.54) is 57.4 Å². The van der Waals surface area contributed by atoms with Crippen molar-refractivity contribution >= 4 is 24.5 Å². The number of benzene rings is 1. The molecule has 0 aliphatic heterocycles. The first-order chi connectivity index (χ1) is 12.2. The Bertz CT molecular complexity index is 482. The van der Waals surface area contributed by atoms with Gasteiger partial charge in [0.15, 0.2) is 0 Å². The summed E-state index contributed by atoms with van der Waals surface area (Å²) in [4.78, 5) is 0. The third kappa shape index (κ3) is 8.13. The molecule has 0 saturated carbocycles. The summed E-state index contributed by atoms with van der Waals surface area (Å²) in [5.41, 5.74) is 1.26. The summed E-state index contributed by atoms with van der Waals surface area (Å²) in [6, 6.07) is 10.6. The second kappa shape index (κ2) is 13.6. The number of unbranched alkanes of at least 4 members (excludes halogenated alkanes) is 3. The minimum absolute atomic E-state index is 0.178. The summed E-state index contributed by atoms with van der Waals surface area (Å²) in [6.07, 6.45) is 14.7. The molecule has 1 nitrogen and oxygen atoms in total. The number of allylic oxidation sites excluding steroid dienone is 2. The van der Waals surface area contributed by atoms with Crippen molar-refractivity contribution in [3.8, 4) is 0 Å². The number of aliphatic hydroxyl groups is 1. The fraction of sp³-hybridized carbons (Fsp3) is 0.565. The van der Waals surface area contributed by atoms with Gasteiger partial charge in [-0.1, -0.05) is 0 Å². The molecule has 0 bridgehead atoms. The molecule has 1 rings (SSSR count). The van der Waals surface area contributed by atoms with Crippen LogP contribution < -0.4 is 0 Å². The van der Waals surface area contributed by atoms with Crippen LogP contribution in [0.4, 0.5) is 0 Å². The first-order valence-electron chi connectivity index (χ1n) is 10.3. The van der Waals surface area contributed by atoms with Gasteiger partial charge >= 0.3 is 160 Å². The number of rotatable bonds is 13. The van der Waals surface area contributed by atoms with Crippen LogP contribution in [-0.2, 0) is 0 Å². The zero-order valence-electron chi connectivity index (χ0n) is 16.6. The van der Waals surface area contributed by atoms with Crippen LogP contribution in [0.2, 0.25) is 13.3 Å². The Labute approximate surface area is 160 Å². The van der Waals surface area contributed by atoms with E-state index in [0.717, 1.165) is 0 Å². The predicted octanol–water partition coefficient (Wildman–Crippen LogP) is 7.01. The van der Waals surface area contributed by atoms with Crippen LogP contribution >= 0.6 is 0 Å². The molecule has 0 fully saturated rings. The molecule has 0 spiro atoms. The zero-order valence-corrected chi connectivity index (χ0v) is 19.5. The van der Waals surface area contributed by atoms with Gasteiger partial charge in [-0.2, -0.15) is 0 Å². The molecule has 0 aliphatic carbocycles. The van der Waals surface area contributed by atoms with Crippen LogP contribution in [0.3, 0.4) is 0 Å². The van der Waals surface area contributed by atoms with Gasteiger partial charge in [-0.25, -0.2) is 0 Å². The van der Waals surface area contributed by atoms with E-state index < -0.39 is 18.4 Å². The van der Waals surface area contributed by atoms with Crippen molar-refractivity contribution in [3.05, 3.63) is 51.6 Å². The van der Waals surface area contributed by atoms with Crippen molar-refractivity contribution in [2.45, 2.75) is 72.6 Å². The molecule has 25 heavy (non-hydrogen) atoms. The van der Waals surface area contributed by atoms with Gasteiger partial charge in [0.05, 0.1) is 0 Å². The van der Waals surface area contributed by atoms with Crippen molar-refractivity contribution in [2.24, 2.45) is 0 Å². The van der Waals surface area contributed by atoms with Crippen molar-refractivity contribution in [2.75, 3.05) is 6.61 Å². The van der Waals surface area contributed by atoms with Crippen LogP contribution in [0.15, 0.2) is 46.1 Å².